The third-order valence-corrected chi connectivity index (χ3v) is 2.52. The molecule has 0 bridgehead atoms. The van der Waals surface area contributed by atoms with Gasteiger partial charge in [0.2, 0.25) is 0 Å². The number of carboxylic acids is 1. The second-order valence-corrected chi connectivity index (χ2v) is 3.83. The van der Waals surface area contributed by atoms with E-state index < -0.39 is 11.9 Å². The predicted octanol–water partition coefficient (Wildman–Crippen LogP) is 1.74. The average molecular weight is 257 g/mol. The van der Waals surface area contributed by atoms with Gasteiger partial charge in [0.25, 0.3) is 5.91 Å². The zero-order valence-corrected chi connectivity index (χ0v) is 10.1. The molecule has 6 nitrogen and oxygen atoms in total. The monoisotopic (exact) mass is 257 g/mol. The van der Waals surface area contributed by atoms with Gasteiger partial charge in [-0.05, 0) is 18.6 Å². The summed E-state index contributed by atoms with van der Waals surface area (Å²) in [5.74, 6) is -1.72. The minimum atomic E-state index is -1.24. The SMILES string of the molecule is Cc1ccccc1C(=O)Nc1nccnc1C(=O)O. The van der Waals surface area contributed by atoms with E-state index in [4.69, 9.17) is 5.11 Å². The van der Waals surface area contributed by atoms with Crippen LogP contribution in [0.2, 0.25) is 0 Å². The van der Waals surface area contributed by atoms with E-state index in [2.05, 4.69) is 15.3 Å². The first-order valence-electron chi connectivity index (χ1n) is 5.51. The van der Waals surface area contributed by atoms with Crippen molar-refractivity contribution in [3.63, 3.8) is 0 Å². The quantitative estimate of drug-likeness (QED) is 0.873. The van der Waals surface area contributed by atoms with Crippen LogP contribution in [0.3, 0.4) is 0 Å². The van der Waals surface area contributed by atoms with Gasteiger partial charge in [0.1, 0.15) is 0 Å². The first-order chi connectivity index (χ1) is 9.09. The standard InChI is InChI=1S/C13H11N3O3/c1-8-4-2-3-5-9(8)12(17)16-11-10(13(18)19)14-6-7-15-11/h2-7H,1H3,(H,18,19)(H,15,16,17). The number of benzene rings is 1. The fraction of sp³-hybridized carbons (Fsp3) is 0.0769. The third kappa shape index (κ3) is 2.74. The van der Waals surface area contributed by atoms with Crippen LogP contribution in [0.5, 0.6) is 0 Å². The van der Waals surface area contributed by atoms with Crippen LogP contribution in [0.1, 0.15) is 26.4 Å². The molecule has 0 aliphatic heterocycles. The van der Waals surface area contributed by atoms with Crippen LogP contribution in [0.25, 0.3) is 0 Å². The van der Waals surface area contributed by atoms with Gasteiger partial charge in [-0.15, -0.1) is 0 Å². The number of nitrogens with one attached hydrogen (secondary N) is 1. The van der Waals surface area contributed by atoms with E-state index in [0.717, 1.165) is 5.56 Å². The van der Waals surface area contributed by atoms with Crippen molar-refractivity contribution in [1.82, 2.24) is 9.97 Å². The molecule has 0 radical (unpaired) electrons. The Balaban J connectivity index is 2.30. The predicted molar refractivity (Wildman–Crippen MR) is 68.1 cm³/mol. The first-order valence-corrected chi connectivity index (χ1v) is 5.51. The van der Waals surface area contributed by atoms with E-state index in [-0.39, 0.29) is 11.5 Å². The topological polar surface area (TPSA) is 92.2 Å². The van der Waals surface area contributed by atoms with Crippen LogP contribution in [0, 0.1) is 6.92 Å². The molecule has 0 aliphatic rings. The summed E-state index contributed by atoms with van der Waals surface area (Å²) < 4.78 is 0. The van der Waals surface area contributed by atoms with E-state index in [1.807, 2.05) is 6.07 Å². The van der Waals surface area contributed by atoms with Gasteiger partial charge in [0, 0.05) is 18.0 Å². The molecule has 2 rings (SSSR count). The Morgan fingerprint density at radius 2 is 1.84 bits per heavy atom. The highest BCUT2D eigenvalue weighted by Crippen LogP contribution is 2.12. The number of aromatic nitrogens is 2. The van der Waals surface area contributed by atoms with Crippen molar-refractivity contribution in [2.45, 2.75) is 6.92 Å². The van der Waals surface area contributed by atoms with Gasteiger partial charge in [-0.3, -0.25) is 4.79 Å². The normalized spacial score (nSPS) is 9.95. The van der Waals surface area contributed by atoms with Gasteiger partial charge in [-0.1, -0.05) is 18.2 Å². The molecular weight excluding hydrogens is 246 g/mol. The van der Waals surface area contributed by atoms with E-state index in [9.17, 15) is 9.59 Å². The molecule has 6 heteroatoms. The minimum Gasteiger partial charge on any atom is -0.476 e. The highest BCUT2D eigenvalue weighted by Gasteiger charge is 2.16. The summed E-state index contributed by atoms with van der Waals surface area (Å²) in [5.41, 5.74) is 0.967. The number of rotatable bonds is 3. The summed E-state index contributed by atoms with van der Waals surface area (Å²) in [6, 6.07) is 7.00. The Bertz CT molecular complexity index is 641. The van der Waals surface area contributed by atoms with Crippen molar-refractivity contribution in [2.24, 2.45) is 0 Å². The number of hydrogen-bond acceptors (Lipinski definition) is 4. The lowest BCUT2D eigenvalue weighted by molar-refractivity contribution is 0.0691. The molecule has 2 N–H and O–H groups in total. The maximum absolute atomic E-state index is 12.0. The number of anilines is 1. The minimum absolute atomic E-state index is 0.0664. The summed E-state index contributed by atoms with van der Waals surface area (Å²) in [6.07, 6.45) is 2.58. The summed E-state index contributed by atoms with van der Waals surface area (Å²) in [4.78, 5) is 30.5. The maximum atomic E-state index is 12.0. The van der Waals surface area contributed by atoms with Crippen LogP contribution in [-0.4, -0.2) is 27.0 Å². The molecule has 96 valence electrons. The zero-order chi connectivity index (χ0) is 13.8. The van der Waals surface area contributed by atoms with Crippen molar-refractivity contribution >= 4 is 17.7 Å². The smallest absolute Gasteiger partial charge is 0.358 e. The molecule has 1 aromatic heterocycles. The summed E-state index contributed by atoms with van der Waals surface area (Å²) >= 11 is 0. The molecular formula is C13H11N3O3. The number of amides is 1. The molecule has 0 unspecified atom stereocenters. The molecule has 0 aliphatic carbocycles. The molecule has 0 spiro atoms. The Hall–Kier alpha value is -2.76. The number of carbonyl (C=O) groups excluding carboxylic acids is 1. The fourth-order valence-electron chi connectivity index (χ4n) is 1.59. The largest absolute Gasteiger partial charge is 0.476 e. The first kappa shape index (κ1) is 12.7. The summed E-state index contributed by atoms with van der Waals surface area (Å²) in [6.45, 7) is 1.80. The Labute approximate surface area is 109 Å². The average Bonchev–Trinajstić information content (AvgIpc) is 2.39. The van der Waals surface area contributed by atoms with Gasteiger partial charge >= 0.3 is 5.97 Å². The van der Waals surface area contributed by atoms with Crippen LogP contribution in [-0.2, 0) is 0 Å². The molecule has 2 aromatic rings. The van der Waals surface area contributed by atoms with Gasteiger partial charge in [0.15, 0.2) is 11.5 Å². The fourth-order valence-corrected chi connectivity index (χ4v) is 1.59. The van der Waals surface area contributed by atoms with Gasteiger partial charge < -0.3 is 10.4 Å². The number of aromatic carboxylic acids is 1. The van der Waals surface area contributed by atoms with Crippen LogP contribution < -0.4 is 5.32 Å². The lowest BCUT2D eigenvalue weighted by Gasteiger charge is -2.08. The molecule has 0 saturated carbocycles. The number of carboxylic acid groups (broad SMARTS) is 1. The Morgan fingerprint density at radius 3 is 2.53 bits per heavy atom. The van der Waals surface area contributed by atoms with Crippen LogP contribution in [0.15, 0.2) is 36.7 Å². The lowest BCUT2D eigenvalue weighted by Crippen LogP contribution is -2.17. The molecule has 0 fully saturated rings. The van der Waals surface area contributed by atoms with E-state index >= 15 is 0 Å². The van der Waals surface area contributed by atoms with Crippen molar-refractivity contribution in [3.05, 3.63) is 53.5 Å². The van der Waals surface area contributed by atoms with Crippen molar-refractivity contribution in [1.29, 1.82) is 0 Å². The van der Waals surface area contributed by atoms with E-state index in [0.29, 0.717) is 5.56 Å². The number of hydrogen-bond donors (Lipinski definition) is 2. The van der Waals surface area contributed by atoms with Crippen LogP contribution >= 0.6 is 0 Å². The van der Waals surface area contributed by atoms with Crippen molar-refractivity contribution in [2.75, 3.05) is 5.32 Å². The number of aryl methyl sites for hydroxylation is 1. The molecule has 19 heavy (non-hydrogen) atoms. The second-order valence-electron chi connectivity index (χ2n) is 3.83. The van der Waals surface area contributed by atoms with Crippen molar-refractivity contribution in [3.8, 4) is 0 Å². The molecule has 1 aromatic carbocycles. The Morgan fingerprint density at radius 1 is 1.16 bits per heavy atom. The van der Waals surface area contributed by atoms with E-state index in [1.165, 1.54) is 12.4 Å². The number of carbonyl (C=O) groups is 2. The van der Waals surface area contributed by atoms with Crippen molar-refractivity contribution < 1.29 is 14.7 Å². The Kier molecular flexibility index (Phi) is 3.51. The molecule has 0 saturated heterocycles. The maximum Gasteiger partial charge on any atom is 0.358 e. The van der Waals surface area contributed by atoms with Gasteiger partial charge in [-0.25, -0.2) is 14.8 Å². The zero-order valence-electron chi connectivity index (χ0n) is 10.1. The lowest BCUT2D eigenvalue weighted by atomic mass is 10.1. The highest BCUT2D eigenvalue weighted by atomic mass is 16.4. The molecule has 1 amide bonds. The highest BCUT2D eigenvalue weighted by molar-refractivity contribution is 6.07. The van der Waals surface area contributed by atoms with E-state index in [1.54, 1.807) is 25.1 Å². The second kappa shape index (κ2) is 5.26. The van der Waals surface area contributed by atoms with Gasteiger partial charge in [-0.2, -0.15) is 0 Å². The number of nitrogens with zero attached hydrogens (tertiary/aromatic N) is 2. The summed E-state index contributed by atoms with van der Waals surface area (Å²) in [7, 11) is 0. The van der Waals surface area contributed by atoms with Crippen LogP contribution in [0.4, 0.5) is 5.82 Å². The van der Waals surface area contributed by atoms with Gasteiger partial charge in [0.05, 0.1) is 0 Å². The molecule has 0 atom stereocenters. The third-order valence-electron chi connectivity index (χ3n) is 2.52. The summed E-state index contributed by atoms with van der Waals surface area (Å²) in [5, 5.41) is 11.4. The molecule has 1 heterocycles.